The van der Waals surface area contributed by atoms with Crippen LogP contribution in [0.2, 0.25) is 0 Å². The average Bonchev–Trinajstić information content (AvgIpc) is 2.12. The zero-order chi connectivity index (χ0) is 11.4. The summed E-state index contributed by atoms with van der Waals surface area (Å²) in [5, 5.41) is 15.6. The van der Waals surface area contributed by atoms with E-state index in [9.17, 15) is 9.59 Å². The Morgan fingerprint density at radius 1 is 1.21 bits per heavy atom. The molecule has 0 aliphatic rings. The predicted molar refractivity (Wildman–Crippen MR) is 54.6 cm³/mol. The Bertz CT molecular complexity index is 246. The van der Waals surface area contributed by atoms with E-state index in [1.54, 1.807) is 6.21 Å². The molecule has 5 heteroatoms. The lowest BCUT2D eigenvalue weighted by Crippen LogP contribution is -1.91. The molecule has 0 unspecified atom stereocenters. The van der Waals surface area contributed by atoms with Crippen LogP contribution in [0.1, 0.15) is 20.3 Å². The molecule has 0 fully saturated rings. The van der Waals surface area contributed by atoms with E-state index in [-0.39, 0.29) is 0 Å². The molecule has 0 aliphatic heterocycles. The number of rotatable bonds is 3. The molecule has 0 atom stereocenters. The second-order valence-electron chi connectivity index (χ2n) is 2.01. The van der Waals surface area contributed by atoms with Gasteiger partial charge in [-0.25, -0.2) is 9.59 Å². The van der Waals surface area contributed by atoms with E-state index in [0.29, 0.717) is 12.2 Å². The molecule has 0 bridgehead atoms. The van der Waals surface area contributed by atoms with Crippen molar-refractivity contribution < 1.29 is 19.8 Å². The zero-order valence-corrected chi connectivity index (χ0v) is 8.17. The van der Waals surface area contributed by atoms with Gasteiger partial charge >= 0.3 is 11.9 Å². The minimum atomic E-state index is -1.26. The Kier molecular flexibility index (Phi) is 11.6. The highest BCUT2D eigenvalue weighted by Crippen LogP contribution is 1.70. The van der Waals surface area contributed by atoms with Crippen molar-refractivity contribution in [3.63, 3.8) is 0 Å². The van der Waals surface area contributed by atoms with Gasteiger partial charge in [0.25, 0.3) is 12.4 Å². The van der Waals surface area contributed by atoms with Crippen molar-refractivity contribution in [2.45, 2.75) is 20.3 Å². The fourth-order valence-electron chi connectivity index (χ4n) is 0.353. The molecular formula is C9H14NO4+. The van der Waals surface area contributed by atoms with Crippen LogP contribution in [0.4, 0.5) is 0 Å². The zero-order valence-electron chi connectivity index (χ0n) is 8.17. The van der Waals surface area contributed by atoms with Crippen molar-refractivity contribution in [2.75, 3.05) is 0 Å². The molecule has 5 nitrogen and oxygen atoms in total. The number of carbonyl (C=O) groups is 2. The Morgan fingerprint density at radius 3 is 1.79 bits per heavy atom. The third-order valence-corrected chi connectivity index (χ3v) is 0.806. The van der Waals surface area contributed by atoms with Crippen molar-refractivity contribution in [3.8, 4) is 0 Å². The molecule has 14 heavy (non-hydrogen) atoms. The highest BCUT2D eigenvalue weighted by molar-refractivity contribution is 5.89. The van der Waals surface area contributed by atoms with Gasteiger partial charge in [-0.3, -0.25) is 0 Å². The highest BCUT2D eigenvalue weighted by atomic mass is 16.4. The number of carboxylic acid groups (broad SMARTS) is 2. The van der Waals surface area contributed by atoms with Crippen LogP contribution in [-0.4, -0.2) is 34.6 Å². The van der Waals surface area contributed by atoms with Gasteiger partial charge in [0.15, 0.2) is 0 Å². The summed E-state index contributed by atoms with van der Waals surface area (Å²) in [5.74, 6) is -2.51. The summed E-state index contributed by atoms with van der Waals surface area (Å²) in [4.78, 5) is 19.1. The molecule has 0 radical (unpaired) electrons. The number of hydrogen-bond donors (Lipinski definition) is 2. The van der Waals surface area contributed by atoms with Crippen molar-refractivity contribution in [1.29, 1.82) is 0 Å². The summed E-state index contributed by atoms with van der Waals surface area (Å²) in [6.45, 7) is 3.97. The summed E-state index contributed by atoms with van der Waals surface area (Å²) in [5.41, 5.74) is 0. The molecular weight excluding hydrogens is 186 g/mol. The number of hydrogen-bond acceptors (Lipinski definition) is 2. The topological polar surface area (TPSA) is 88.7 Å². The van der Waals surface area contributed by atoms with Gasteiger partial charge in [0.1, 0.15) is 0 Å². The third-order valence-electron chi connectivity index (χ3n) is 0.806. The Hall–Kier alpha value is -1.87. The molecule has 0 heterocycles. The van der Waals surface area contributed by atoms with Gasteiger partial charge < -0.3 is 10.2 Å². The van der Waals surface area contributed by atoms with E-state index < -0.39 is 11.9 Å². The summed E-state index contributed by atoms with van der Waals surface area (Å²) in [7, 11) is 0. The summed E-state index contributed by atoms with van der Waals surface area (Å²) < 4.78 is 3.84. The maximum atomic E-state index is 9.55. The van der Waals surface area contributed by atoms with Crippen LogP contribution in [0.25, 0.3) is 0 Å². The standard InChI is InChI=1S/C5H10N.C4H4O4/c1-3-5-6-4-2;5-3(6)1-2-4(7)8/h4-5H,3H2,1-2H3;1-2H,(H,5,6)(H,7,8)/q+1;/b;2-1-. The smallest absolute Gasteiger partial charge is 0.328 e. The second kappa shape index (κ2) is 11.1. The van der Waals surface area contributed by atoms with Gasteiger partial charge in [0, 0.05) is 25.5 Å². The number of nitrogens with zero attached hydrogens (tertiary/aromatic N) is 1. The Labute approximate surface area is 82.1 Å². The summed E-state index contributed by atoms with van der Waals surface area (Å²) in [6, 6.07) is 0. The van der Waals surface area contributed by atoms with Crippen molar-refractivity contribution in [3.05, 3.63) is 12.2 Å². The van der Waals surface area contributed by atoms with Crippen molar-refractivity contribution >= 4 is 24.4 Å². The molecule has 0 saturated carbocycles. The van der Waals surface area contributed by atoms with Crippen LogP contribution in [0.3, 0.4) is 0 Å². The molecule has 78 valence electrons. The molecule has 2 N–H and O–H groups in total. The molecule has 0 aromatic heterocycles. The normalized spacial score (nSPS) is 8.14. The van der Waals surface area contributed by atoms with Gasteiger partial charge in [0.05, 0.1) is 0 Å². The fraction of sp³-hybridized carbons (Fsp3) is 0.333. The average molecular weight is 200 g/mol. The quantitative estimate of drug-likeness (QED) is 0.390. The first-order valence-corrected chi connectivity index (χ1v) is 3.98. The molecule has 0 aromatic rings. The first-order chi connectivity index (χ1) is 6.54. The van der Waals surface area contributed by atoms with Gasteiger partial charge in [-0.05, 0) is 0 Å². The first-order valence-electron chi connectivity index (χ1n) is 3.98. The first kappa shape index (κ1) is 14.6. The van der Waals surface area contributed by atoms with E-state index in [4.69, 9.17) is 10.2 Å². The van der Waals surface area contributed by atoms with Crippen LogP contribution in [0.15, 0.2) is 12.2 Å². The van der Waals surface area contributed by atoms with Crippen LogP contribution >= 0.6 is 0 Å². The second-order valence-corrected chi connectivity index (χ2v) is 2.01. The van der Waals surface area contributed by atoms with E-state index in [1.807, 2.05) is 13.1 Å². The van der Waals surface area contributed by atoms with E-state index in [1.165, 1.54) is 0 Å². The third kappa shape index (κ3) is 22.5. The largest absolute Gasteiger partial charge is 0.478 e. The van der Waals surface area contributed by atoms with Gasteiger partial charge in [-0.2, -0.15) is 0 Å². The van der Waals surface area contributed by atoms with E-state index in [0.717, 1.165) is 6.42 Å². The summed E-state index contributed by atoms with van der Waals surface area (Å²) in [6.07, 6.45) is 5.80. The van der Waals surface area contributed by atoms with Crippen LogP contribution in [0.5, 0.6) is 0 Å². The predicted octanol–water partition coefficient (Wildman–Crippen LogP) is 0.337. The molecule has 0 saturated heterocycles. The summed E-state index contributed by atoms with van der Waals surface area (Å²) >= 11 is 0. The number of aliphatic carboxylic acids is 2. The lowest BCUT2D eigenvalue weighted by molar-refractivity contribution is -0.134. The van der Waals surface area contributed by atoms with Crippen LogP contribution in [0, 0.1) is 0 Å². The van der Waals surface area contributed by atoms with Crippen LogP contribution in [-0.2, 0) is 9.59 Å². The lowest BCUT2D eigenvalue weighted by atomic mass is 10.5. The van der Waals surface area contributed by atoms with Gasteiger partial charge in [-0.1, -0.05) is 6.92 Å². The fourth-order valence-corrected chi connectivity index (χ4v) is 0.353. The van der Waals surface area contributed by atoms with Crippen LogP contribution < -0.4 is 4.67 Å². The maximum Gasteiger partial charge on any atom is 0.328 e. The van der Waals surface area contributed by atoms with E-state index in [2.05, 4.69) is 11.6 Å². The van der Waals surface area contributed by atoms with Gasteiger partial charge in [0.2, 0.25) is 0 Å². The minimum Gasteiger partial charge on any atom is -0.478 e. The molecule has 0 rings (SSSR count). The Morgan fingerprint density at radius 2 is 1.64 bits per heavy atom. The number of carboxylic acids is 2. The Balaban J connectivity index is 0. The highest BCUT2D eigenvalue weighted by Gasteiger charge is 1.88. The minimum absolute atomic E-state index is 0.558. The van der Waals surface area contributed by atoms with E-state index >= 15 is 0 Å². The van der Waals surface area contributed by atoms with Crippen molar-refractivity contribution in [1.82, 2.24) is 4.67 Å². The van der Waals surface area contributed by atoms with Crippen molar-refractivity contribution in [2.24, 2.45) is 0 Å². The lowest BCUT2D eigenvalue weighted by Gasteiger charge is -1.74. The maximum absolute atomic E-state index is 9.55. The molecule has 0 aliphatic carbocycles. The molecule has 0 spiro atoms. The van der Waals surface area contributed by atoms with Gasteiger partial charge in [-0.15, -0.1) is 4.67 Å². The molecule has 0 amide bonds. The SMILES string of the molecule is CC=[N+]=CCC.O=C(O)/C=C\C(=O)O. The monoisotopic (exact) mass is 200 g/mol. The molecule has 0 aromatic carbocycles.